The fourth-order valence-electron chi connectivity index (χ4n) is 2.85. The third kappa shape index (κ3) is 4.94. The number of ether oxygens (including phenoxy) is 1. The highest BCUT2D eigenvalue weighted by atomic mass is 31.2. The number of anilines is 2. The number of nitro groups is 1. The number of nitrogens with zero attached hydrogens (tertiary/aromatic N) is 4. The summed E-state index contributed by atoms with van der Waals surface area (Å²) in [5.74, 6) is 1.29. The lowest BCUT2D eigenvalue weighted by molar-refractivity contribution is -0.384. The monoisotopic (exact) mass is 413 g/mol. The Hall–Kier alpha value is -3.32. The van der Waals surface area contributed by atoms with Crippen LogP contribution in [0.25, 0.3) is 0 Å². The predicted octanol–water partition coefficient (Wildman–Crippen LogP) is 3.37. The van der Waals surface area contributed by atoms with Crippen LogP contribution >= 0.6 is 7.14 Å². The first kappa shape index (κ1) is 20.4. The SMILES string of the molecule is COc1ccc([N+](=O)[O-])cc1Cc1nncc(Nc2ccccc2P(C)(C)=O)n1. The molecule has 0 aliphatic carbocycles. The summed E-state index contributed by atoms with van der Waals surface area (Å²) in [6.07, 6.45) is 1.66. The predicted molar refractivity (Wildman–Crippen MR) is 111 cm³/mol. The van der Waals surface area contributed by atoms with Gasteiger partial charge in [0.25, 0.3) is 5.69 Å². The second-order valence-corrected chi connectivity index (χ2v) is 9.86. The minimum Gasteiger partial charge on any atom is -0.496 e. The van der Waals surface area contributed by atoms with E-state index >= 15 is 0 Å². The molecule has 0 saturated heterocycles. The van der Waals surface area contributed by atoms with Crippen LogP contribution in [0.2, 0.25) is 0 Å². The van der Waals surface area contributed by atoms with E-state index in [0.717, 1.165) is 0 Å². The highest BCUT2D eigenvalue weighted by Crippen LogP contribution is 2.38. The summed E-state index contributed by atoms with van der Waals surface area (Å²) in [6.45, 7) is 3.40. The molecule has 10 heteroatoms. The van der Waals surface area contributed by atoms with Crippen molar-refractivity contribution < 1.29 is 14.2 Å². The average molecular weight is 413 g/mol. The van der Waals surface area contributed by atoms with Crippen LogP contribution in [0.15, 0.2) is 48.7 Å². The smallest absolute Gasteiger partial charge is 0.269 e. The van der Waals surface area contributed by atoms with Gasteiger partial charge in [-0.2, -0.15) is 5.10 Å². The number of aromatic nitrogens is 3. The Labute approximate surface area is 167 Å². The van der Waals surface area contributed by atoms with Crippen molar-refractivity contribution in [2.75, 3.05) is 25.8 Å². The molecular weight excluding hydrogens is 393 g/mol. The number of non-ortho nitro benzene ring substituents is 1. The number of nitro benzene ring substituents is 1. The number of para-hydroxylation sites is 1. The maximum absolute atomic E-state index is 12.5. The van der Waals surface area contributed by atoms with Gasteiger partial charge < -0.3 is 14.6 Å². The Kier molecular flexibility index (Phi) is 5.89. The lowest BCUT2D eigenvalue weighted by atomic mass is 10.1. The molecular formula is C19H20N5O4P. The maximum Gasteiger partial charge on any atom is 0.269 e. The Bertz CT molecular complexity index is 1100. The molecule has 29 heavy (non-hydrogen) atoms. The molecule has 150 valence electrons. The Balaban J connectivity index is 1.90. The molecule has 0 fully saturated rings. The molecule has 1 heterocycles. The Morgan fingerprint density at radius 3 is 2.66 bits per heavy atom. The fourth-order valence-corrected chi connectivity index (χ4v) is 4.01. The van der Waals surface area contributed by atoms with Crippen LogP contribution in [0.3, 0.4) is 0 Å². The van der Waals surface area contributed by atoms with Crippen LogP contribution in [0, 0.1) is 10.1 Å². The molecule has 3 aromatic rings. The van der Waals surface area contributed by atoms with Gasteiger partial charge in [-0.05, 0) is 31.5 Å². The van der Waals surface area contributed by atoms with E-state index in [-0.39, 0.29) is 12.1 Å². The van der Waals surface area contributed by atoms with Gasteiger partial charge in [0.15, 0.2) is 11.6 Å². The van der Waals surface area contributed by atoms with Crippen molar-refractivity contribution in [2.24, 2.45) is 0 Å². The number of nitrogens with one attached hydrogen (secondary N) is 1. The number of hydrogen-bond acceptors (Lipinski definition) is 8. The molecule has 2 aromatic carbocycles. The minimum absolute atomic E-state index is 0.0430. The van der Waals surface area contributed by atoms with Crippen LogP contribution < -0.4 is 15.4 Å². The lowest BCUT2D eigenvalue weighted by Crippen LogP contribution is -2.11. The summed E-state index contributed by atoms with van der Waals surface area (Å²) in [7, 11) is -0.999. The van der Waals surface area contributed by atoms with Crippen molar-refractivity contribution in [3.8, 4) is 5.75 Å². The van der Waals surface area contributed by atoms with E-state index in [0.29, 0.717) is 33.9 Å². The first-order valence-corrected chi connectivity index (χ1v) is 11.3. The zero-order valence-electron chi connectivity index (χ0n) is 16.2. The maximum atomic E-state index is 12.5. The Morgan fingerprint density at radius 2 is 1.97 bits per heavy atom. The van der Waals surface area contributed by atoms with Gasteiger partial charge in [0.1, 0.15) is 12.9 Å². The van der Waals surface area contributed by atoms with Crippen molar-refractivity contribution in [3.05, 3.63) is 70.2 Å². The van der Waals surface area contributed by atoms with Gasteiger partial charge in [0.05, 0.1) is 23.9 Å². The Morgan fingerprint density at radius 1 is 1.21 bits per heavy atom. The number of benzene rings is 2. The normalized spacial score (nSPS) is 11.1. The van der Waals surface area contributed by atoms with Gasteiger partial charge in [-0.15, -0.1) is 5.10 Å². The van der Waals surface area contributed by atoms with E-state index in [4.69, 9.17) is 4.74 Å². The van der Waals surface area contributed by atoms with Crippen molar-refractivity contribution >= 4 is 29.6 Å². The molecule has 0 atom stereocenters. The molecule has 1 aromatic heterocycles. The second kappa shape index (κ2) is 8.36. The molecule has 0 amide bonds. The fraction of sp³-hybridized carbons (Fsp3) is 0.211. The van der Waals surface area contributed by atoms with Crippen molar-refractivity contribution in [1.82, 2.24) is 15.2 Å². The molecule has 0 saturated carbocycles. The summed E-state index contributed by atoms with van der Waals surface area (Å²) in [5, 5.41) is 22.9. The molecule has 0 spiro atoms. The third-order valence-electron chi connectivity index (χ3n) is 4.17. The number of rotatable bonds is 7. The van der Waals surface area contributed by atoms with E-state index < -0.39 is 12.1 Å². The third-order valence-corrected chi connectivity index (χ3v) is 5.72. The zero-order chi connectivity index (χ0) is 21.0. The highest BCUT2D eigenvalue weighted by molar-refractivity contribution is 7.70. The van der Waals surface area contributed by atoms with Crippen LogP contribution in [0.4, 0.5) is 17.2 Å². The van der Waals surface area contributed by atoms with E-state index in [1.54, 1.807) is 19.4 Å². The molecule has 0 aliphatic rings. The topological polar surface area (TPSA) is 120 Å². The molecule has 1 N–H and O–H groups in total. The average Bonchev–Trinajstić information content (AvgIpc) is 2.68. The zero-order valence-corrected chi connectivity index (χ0v) is 17.1. The summed E-state index contributed by atoms with van der Waals surface area (Å²) < 4.78 is 17.8. The summed E-state index contributed by atoms with van der Waals surface area (Å²) in [6, 6.07) is 11.7. The van der Waals surface area contributed by atoms with E-state index in [2.05, 4.69) is 20.5 Å². The van der Waals surface area contributed by atoms with Crippen molar-refractivity contribution in [2.45, 2.75) is 6.42 Å². The standard InChI is InChI=1S/C19H20N5O4P/c1-28-16-9-8-14(24(25)26)10-13(16)11-18-22-19(12-20-23-18)21-15-6-4-5-7-17(15)29(2,3)27/h4-10,12H,11H2,1-3H3,(H,21,22,23). The van der Waals surface area contributed by atoms with Crippen molar-refractivity contribution in [1.29, 1.82) is 0 Å². The van der Waals surface area contributed by atoms with E-state index in [1.807, 2.05) is 24.3 Å². The summed E-state index contributed by atoms with van der Waals surface area (Å²) >= 11 is 0. The van der Waals surface area contributed by atoms with Gasteiger partial charge in [-0.1, -0.05) is 12.1 Å². The van der Waals surface area contributed by atoms with Gasteiger partial charge >= 0.3 is 0 Å². The van der Waals surface area contributed by atoms with Crippen LogP contribution in [0.5, 0.6) is 5.75 Å². The molecule has 0 aliphatic heterocycles. The molecule has 9 nitrogen and oxygen atoms in total. The minimum atomic E-state index is -2.49. The van der Waals surface area contributed by atoms with Crippen LogP contribution in [-0.2, 0) is 11.0 Å². The molecule has 0 unspecified atom stereocenters. The number of methoxy groups -OCH3 is 1. The van der Waals surface area contributed by atoms with Crippen LogP contribution in [-0.4, -0.2) is 40.5 Å². The van der Waals surface area contributed by atoms with E-state index in [1.165, 1.54) is 25.4 Å². The van der Waals surface area contributed by atoms with Gasteiger partial charge in [-0.25, -0.2) is 4.98 Å². The summed E-state index contributed by atoms with van der Waals surface area (Å²) in [5.41, 5.74) is 1.21. The van der Waals surface area contributed by atoms with Crippen molar-refractivity contribution in [3.63, 3.8) is 0 Å². The number of hydrogen-bond donors (Lipinski definition) is 1. The van der Waals surface area contributed by atoms with Crippen LogP contribution in [0.1, 0.15) is 11.4 Å². The first-order valence-electron chi connectivity index (χ1n) is 8.69. The van der Waals surface area contributed by atoms with Gasteiger partial charge in [0.2, 0.25) is 0 Å². The second-order valence-electron chi connectivity index (χ2n) is 6.68. The quantitative estimate of drug-likeness (QED) is 0.356. The highest BCUT2D eigenvalue weighted by Gasteiger charge is 2.17. The van der Waals surface area contributed by atoms with Gasteiger partial charge in [0, 0.05) is 29.4 Å². The van der Waals surface area contributed by atoms with E-state index in [9.17, 15) is 14.7 Å². The molecule has 0 radical (unpaired) electrons. The molecule has 0 bridgehead atoms. The first-order chi connectivity index (χ1) is 13.8. The largest absolute Gasteiger partial charge is 0.496 e. The summed E-state index contributed by atoms with van der Waals surface area (Å²) in [4.78, 5) is 15.0. The van der Waals surface area contributed by atoms with Gasteiger partial charge in [-0.3, -0.25) is 10.1 Å². The molecule has 3 rings (SSSR count). The lowest BCUT2D eigenvalue weighted by Gasteiger charge is -2.14.